The molecule has 0 unspecified atom stereocenters. The van der Waals surface area contributed by atoms with Crippen LogP contribution in [0.4, 0.5) is 16.2 Å². The van der Waals surface area contributed by atoms with Crippen molar-refractivity contribution in [3.05, 3.63) is 103 Å². The van der Waals surface area contributed by atoms with Gasteiger partial charge in [0.1, 0.15) is 23.8 Å². The summed E-state index contributed by atoms with van der Waals surface area (Å²) in [5, 5.41) is 5.66. The molecule has 0 radical (unpaired) electrons. The standard InChI is InChI=1S/C28H28N4O3/c1-28(2,3)23-10-4-5-12-25(23)35-26-24(11-7-15-30-26)32-27(33)31-21-8-6-9-22(18-21)34-19-20-13-16-29-17-14-20/h4-18H,19H2,1-3H3,(H2,31,32,33). The Balaban J connectivity index is 1.43. The molecule has 0 bridgehead atoms. The predicted molar refractivity (Wildman–Crippen MR) is 137 cm³/mol. The van der Waals surface area contributed by atoms with Crippen LogP contribution in [0.15, 0.2) is 91.4 Å². The van der Waals surface area contributed by atoms with E-state index in [0.29, 0.717) is 35.4 Å². The van der Waals surface area contributed by atoms with E-state index < -0.39 is 6.03 Å². The van der Waals surface area contributed by atoms with Crippen molar-refractivity contribution in [2.45, 2.75) is 32.8 Å². The molecule has 0 aliphatic heterocycles. The zero-order valence-corrected chi connectivity index (χ0v) is 20.0. The number of rotatable bonds is 7. The van der Waals surface area contributed by atoms with Gasteiger partial charge in [-0.15, -0.1) is 0 Å². The van der Waals surface area contributed by atoms with Crippen LogP contribution in [0.1, 0.15) is 31.9 Å². The highest BCUT2D eigenvalue weighted by Crippen LogP contribution is 2.35. The molecule has 2 aromatic heterocycles. The van der Waals surface area contributed by atoms with Crippen LogP contribution >= 0.6 is 0 Å². The van der Waals surface area contributed by atoms with E-state index >= 15 is 0 Å². The minimum Gasteiger partial charge on any atom is -0.489 e. The quantitative estimate of drug-likeness (QED) is 0.312. The number of aromatic nitrogens is 2. The number of urea groups is 1. The van der Waals surface area contributed by atoms with Crippen LogP contribution in [0.25, 0.3) is 0 Å². The van der Waals surface area contributed by atoms with Crippen LogP contribution in [0.3, 0.4) is 0 Å². The summed E-state index contributed by atoms with van der Waals surface area (Å²) in [5.74, 6) is 1.65. The summed E-state index contributed by atoms with van der Waals surface area (Å²) in [6.07, 6.45) is 5.07. The lowest BCUT2D eigenvalue weighted by molar-refractivity contribution is 0.262. The summed E-state index contributed by atoms with van der Waals surface area (Å²) < 4.78 is 12.0. The van der Waals surface area contributed by atoms with E-state index in [4.69, 9.17) is 9.47 Å². The van der Waals surface area contributed by atoms with Crippen LogP contribution in [0, 0.1) is 0 Å². The van der Waals surface area contributed by atoms with Crippen molar-refractivity contribution in [3.63, 3.8) is 0 Å². The third-order valence-corrected chi connectivity index (χ3v) is 5.17. The maximum absolute atomic E-state index is 12.8. The fraction of sp³-hybridized carbons (Fsp3) is 0.179. The molecule has 2 heterocycles. The maximum atomic E-state index is 12.8. The van der Waals surface area contributed by atoms with Crippen LogP contribution in [-0.2, 0) is 12.0 Å². The Hall–Kier alpha value is -4.39. The Morgan fingerprint density at radius 2 is 1.69 bits per heavy atom. The summed E-state index contributed by atoms with van der Waals surface area (Å²) in [4.78, 5) is 21.1. The molecule has 0 saturated heterocycles. The van der Waals surface area contributed by atoms with Gasteiger partial charge in [-0.2, -0.15) is 0 Å². The van der Waals surface area contributed by atoms with Gasteiger partial charge in [0.25, 0.3) is 0 Å². The number of ether oxygens (including phenoxy) is 2. The minimum absolute atomic E-state index is 0.110. The van der Waals surface area contributed by atoms with E-state index in [1.807, 2.05) is 48.5 Å². The van der Waals surface area contributed by atoms with Gasteiger partial charge in [0, 0.05) is 35.9 Å². The van der Waals surface area contributed by atoms with Crippen molar-refractivity contribution < 1.29 is 14.3 Å². The number of hydrogen-bond donors (Lipinski definition) is 2. The first-order valence-electron chi connectivity index (χ1n) is 11.3. The normalized spacial score (nSPS) is 10.9. The Bertz CT molecular complexity index is 1290. The van der Waals surface area contributed by atoms with Gasteiger partial charge >= 0.3 is 6.03 Å². The van der Waals surface area contributed by atoms with Crippen molar-refractivity contribution in [1.82, 2.24) is 9.97 Å². The number of amides is 2. The number of benzene rings is 2. The average molecular weight is 469 g/mol. The number of carbonyl (C=O) groups excluding carboxylic acids is 1. The number of anilines is 2. The van der Waals surface area contributed by atoms with Gasteiger partial charge in [0.2, 0.25) is 5.88 Å². The molecule has 2 aromatic carbocycles. The lowest BCUT2D eigenvalue weighted by Crippen LogP contribution is -2.20. The number of pyridine rings is 2. The molecule has 7 heteroatoms. The second kappa shape index (κ2) is 10.7. The number of para-hydroxylation sites is 1. The highest BCUT2D eigenvalue weighted by molar-refractivity contribution is 6.00. The SMILES string of the molecule is CC(C)(C)c1ccccc1Oc1ncccc1NC(=O)Nc1cccc(OCc2ccncc2)c1. The molecular formula is C28H28N4O3. The second-order valence-electron chi connectivity index (χ2n) is 8.96. The molecular weight excluding hydrogens is 440 g/mol. The molecule has 0 spiro atoms. The first-order valence-corrected chi connectivity index (χ1v) is 11.3. The van der Waals surface area contributed by atoms with E-state index in [1.165, 1.54) is 0 Å². The summed E-state index contributed by atoms with van der Waals surface area (Å²) in [6, 6.07) is 21.9. The molecule has 0 atom stereocenters. The Morgan fingerprint density at radius 1 is 0.886 bits per heavy atom. The molecule has 35 heavy (non-hydrogen) atoms. The number of hydrogen-bond acceptors (Lipinski definition) is 5. The first-order chi connectivity index (χ1) is 16.9. The smallest absolute Gasteiger partial charge is 0.323 e. The minimum atomic E-state index is -0.418. The zero-order chi connectivity index (χ0) is 24.7. The summed E-state index contributed by atoms with van der Waals surface area (Å²) in [6.45, 7) is 6.77. The molecule has 0 saturated carbocycles. The molecule has 2 amide bonds. The monoisotopic (exact) mass is 468 g/mol. The molecule has 0 aliphatic rings. The highest BCUT2D eigenvalue weighted by atomic mass is 16.5. The maximum Gasteiger partial charge on any atom is 0.323 e. The van der Waals surface area contributed by atoms with Crippen LogP contribution < -0.4 is 20.1 Å². The average Bonchev–Trinajstić information content (AvgIpc) is 2.84. The van der Waals surface area contributed by atoms with Crippen molar-refractivity contribution in [1.29, 1.82) is 0 Å². The summed E-state index contributed by atoms with van der Waals surface area (Å²) >= 11 is 0. The van der Waals surface area contributed by atoms with Crippen molar-refractivity contribution in [2.75, 3.05) is 10.6 Å². The lowest BCUT2D eigenvalue weighted by atomic mass is 9.86. The molecule has 178 valence electrons. The van der Waals surface area contributed by atoms with E-state index in [1.54, 1.807) is 42.9 Å². The summed E-state index contributed by atoms with van der Waals surface area (Å²) in [5.41, 5.74) is 3.00. The van der Waals surface area contributed by atoms with Gasteiger partial charge in [0.15, 0.2) is 0 Å². The Morgan fingerprint density at radius 3 is 2.49 bits per heavy atom. The Labute approximate surface area is 205 Å². The van der Waals surface area contributed by atoms with Gasteiger partial charge in [-0.25, -0.2) is 9.78 Å². The van der Waals surface area contributed by atoms with E-state index in [-0.39, 0.29) is 5.41 Å². The molecule has 0 aliphatic carbocycles. The predicted octanol–water partition coefficient (Wildman–Crippen LogP) is 6.79. The van der Waals surface area contributed by atoms with Crippen molar-refractivity contribution >= 4 is 17.4 Å². The zero-order valence-electron chi connectivity index (χ0n) is 20.0. The Kier molecular flexibility index (Phi) is 7.26. The fourth-order valence-corrected chi connectivity index (χ4v) is 3.44. The van der Waals surface area contributed by atoms with Gasteiger partial charge in [0.05, 0.1) is 0 Å². The third kappa shape index (κ3) is 6.57. The van der Waals surface area contributed by atoms with E-state index in [9.17, 15) is 4.79 Å². The van der Waals surface area contributed by atoms with Crippen molar-refractivity contribution in [3.8, 4) is 17.4 Å². The molecule has 7 nitrogen and oxygen atoms in total. The molecule has 4 aromatic rings. The molecule has 0 fully saturated rings. The highest BCUT2D eigenvalue weighted by Gasteiger charge is 2.20. The van der Waals surface area contributed by atoms with Gasteiger partial charge in [-0.1, -0.05) is 45.0 Å². The third-order valence-electron chi connectivity index (χ3n) is 5.17. The molecule has 2 N–H and O–H groups in total. The number of nitrogens with zero attached hydrogens (tertiary/aromatic N) is 2. The topological polar surface area (TPSA) is 85.4 Å². The fourth-order valence-electron chi connectivity index (χ4n) is 3.44. The van der Waals surface area contributed by atoms with Crippen LogP contribution in [-0.4, -0.2) is 16.0 Å². The largest absolute Gasteiger partial charge is 0.489 e. The number of carbonyl (C=O) groups is 1. The summed E-state index contributed by atoms with van der Waals surface area (Å²) in [7, 11) is 0. The van der Waals surface area contributed by atoms with Gasteiger partial charge in [-0.05, 0) is 53.4 Å². The van der Waals surface area contributed by atoms with E-state index in [2.05, 4.69) is 41.4 Å². The van der Waals surface area contributed by atoms with Gasteiger partial charge < -0.3 is 20.1 Å². The lowest BCUT2D eigenvalue weighted by Gasteiger charge is -2.22. The van der Waals surface area contributed by atoms with E-state index in [0.717, 1.165) is 11.1 Å². The van der Waals surface area contributed by atoms with Crippen LogP contribution in [0.2, 0.25) is 0 Å². The van der Waals surface area contributed by atoms with Crippen molar-refractivity contribution in [2.24, 2.45) is 0 Å². The number of nitrogens with one attached hydrogen (secondary N) is 2. The van der Waals surface area contributed by atoms with Gasteiger partial charge in [-0.3, -0.25) is 4.98 Å². The first kappa shape index (κ1) is 23.8. The molecule has 4 rings (SSSR count). The van der Waals surface area contributed by atoms with Crippen LogP contribution in [0.5, 0.6) is 17.4 Å². The second-order valence-corrected chi connectivity index (χ2v) is 8.96.